The number of hydrogen-bond donors (Lipinski definition) is 3. The molecule has 1 heterocycles. The number of nitrogens with one attached hydrogen (secondary N) is 1. The highest BCUT2D eigenvalue weighted by Gasteiger charge is 2.16. The summed E-state index contributed by atoms with van der Waals surface area (Å²) >= 11 is 0. The van der Waals surface area contributed by atoms with Crippen LogP contribution in [-0.4, -0.2) is 29.6 Å². The van der Waals surface area contributed by atoms with Gasteiger partial charge in [-0.05, 0) is 29.8 Å². The first-order valence-corrected chi connectivity index (χ1v) is 7.06. The summed E-state index contributed by atoms with van der Waals surface area (Å²) in [7, 11) is 0. The number of nitrogens with two attached hydrogens (primary N) is 1. The lowest BCUT2D eigenvalue weighted by Crippen LogP contribution is -2.42. The molecule has 23 heavy (non-hydrogen) atoms. The summed E-state index contributed by atoms with van der Waals surface area (Å²) in [4.78, 5) is 22.7. The summed E-state index contributed by atoms with van der Waals surface area (Å²) in [5.74, 6) is -1.70. The molecule has 0 saturated carbocycles. The van der Waals surface area contributed by atoms with Gasteiger partial charge in [0, 0.05) is 24.1 Å². The maximum Gasteiger partial charge on any atom is 0.322 e. The Morgan fingerprint density at radius 1 is 1.39 bits per heavy atom. The van der Waals surface area contributed by atoms with Gasteiger partial charge in [-0.3, -0.25) is 9.59 Å². The lowest BCUT2D eigenvalue weighted by molar-refractivity contribution is -0.138. The van der Waals surface area contributed by atoms with Crippen molar-refractivity contribution in [2.75, 3.05) is 6.54 Å². The minimum absolute atomic E-state index is 0.0841. The van der Waals surface area contributed by atoms with Crippen LogP contribution >= 0.6 is 0 Å². The molecule has 0 fully saturated rings. The number of carboxylic acids is 1. The lowest BCUT2D eigenvalue weighted by Gasteiger charge is -2.10. The van der Waals surface area contributed by atoms with Crippen LogP contribution in [0, 0.1) is 5.82 Å². The van der Waals surface area contributed by atoms with E-state index in [1.807, 2.05) is 6.92 Å². The molecular weight excluding hydrogens is 303 g/mol. The molecule has 6 nitrogen and oxygen atoms in total. The topological polar surface area (TPSA) is 106 Å². The normalized spacial score (nSPS) is 12.0. The van der Waals surface area contributed by atoms with Crippen molar-refractivity contribution >= 4 is 11.9 Å². The van der Waals surface area contributed by atoms with Gasteiger partial charge in [0.15, 0.2) is 0 Å². The number of benzene rings is 1. The molecule has 0 spiro atoms. The van der Waals surface area contributed by atoms with E-state index in [1.165, 1.54) is 18.4 Å². The van der Waals surface area contributed by atoms with E-state index in [0.717, 1.165) is 6.07 Å². The zero-order valence-corrected chi connectivity index (χ0v) is 12.5. The van der Waals surface area contributed by atoms with Crippen molar-refractivity contribution in [1.29, 1.82) is 0 Å². The van der Waals surface area contributed by atoms with Crippen molar-refractivity contribution < 1.29 is 23.5 Å². The van der Waals surface area contributed by atoms with Gasteiger partial charge in [-0.15, -0.1) is 0 Å². The van der Waals surface area contributed by atoms with Crippen molar-refractivity contribution in [3.8, 4) is 11.1 Å². The molecule has 4 N–H and O–H groups in total. The summed E-state index contributed by atoms with van der Waals surface area (Å²) in [6, 6.07) is 4.40. The minimum atomic E-state index is -1.23. The molecule has 0 radical (unpaired) electrons. The molecule has 0 aliphatic heterocycles. The van der Waals surface area contributed by atoms with Gasteiger partial charge >= 0.3 is 5.97 Å². The zero-order valence-electron chi connectivity index (χ0n) is 12.5. The number of carboxylic acid groups (broad SMARTS) is 1. The lowest BCUT2D eigenvalue weighted by atomic mass is 10.0. The van der Waals surface area contributed by atoms with E-state index in [0.29, 0.717) is 23.3 Å². The summed E-state index contributed by atoms with van der Waals surface area (Å²) in [5.41, 5.74) is 6.63. The van der Waals surface area contributed by atoms with Gasteiger partial charge in [-0.2, -0.15) is 0 Å². The Labute approximate surface area is 132 Å². The number of furan rings is 1. The Hall–Kier alpha value is -2.67. The summed E-state index contributed by atoms with van der Waals surface area (Å²) in [6.45, 7) is 1.66. The number of hydrogen-bond acceptors (Lipinski definition) is 4. The maximum absolute atomic E-state index is 13.8. The molecule has 0 saturated heterocycles. The predicted octanol–water partition coefficient (Wildman–Crippen LogP) is 1.79. The van der Waals surface area contributed by atoms with E-state index in [4.69, 9.17) is 15.3 Å². The summed E-state index contributed by atoms with van der Waals surface area (Å²) in [6.07, 6.45) is 2.14. The number of aliphatic carboxylic acids is 1. The minimum Gasteiger partial charge on any atom is -0.480 e. The number of rotatable bonds is 6. The van der Waals surface area contributed by atoms with E-state index in [9.17, 15) is 14.0 Å². The fraction of sp³-hybridized carbons (Fsp3) is 0.250. The second-order valence-electron chi connectivity index (χ2n) is 4.99. The maximum atomic E-state index is 13.8. The second-order valence-corrected chi connectivity index (χ2v) is 4.99. The highest BCUT2D eigenvalue weighted by Crippen LogP contribution is 2.27. The van der Waals surface area contributed by atoms with Crippen molar-refractivity contribution in [1.82, 2.24) is 5.32 Å². The molecule has 2 aromatic rings. The standard InChI is InChI=1S/C16H17FN2O4/c1-2-14-12(3-4-23-14)9-5-10(7-11(17)6-9)15(20)19-8-13(18)16(21)22/h3-7,13H,2,8,18H2,1H3,(H,19,20)(H,21,22)/t13-/m1/s1. The summed E-state index contributed by atoms with van der Waals surface area (Å²) in [5, 5.41) is 11.1. The molecule has 0 bridgehead atoms. The molecule has 0 aliphatic carbocycles. The van der Waals surface area contributed by atoms with Gasteiger partial charge in [0.25, 0.3) is 5.91 Å². The van der Waals surface area contributed by atoms with Gasteiger partial charge < -0.3 is 20.6 Å². The van der Waals surface area contributed by atoms with E-state index in [2.05, 4.69) is 5.32 Å². The second kappa shape index (κ2) is 7.06. The molecule has 7 heteroatoms. The van der Waals surface area contributed by atoms with Crippen LogP contribution in [0.15, 0.2) is 34.9 Å². The Kier molecular flexibility index (Phi) is 5.13. The fourth-order valence-corrected chi connectivity index (χ4v) is 2.14. The Bertz CT molecular complexity index is 727. The van der Waals surface area contributed by atoms with Gasteiger partial charge in [0.2, 0.25) is 0 Å². The Balaban J connectivity index is 2.23. The molecule has 122 valence electrons. The fourth-order valence-electron chi connectivity index (χ4n) is 2.14. The van der Waals surface area contributed by atoms with E-state index in [-0.39, 0.29) is 12.1 Å². The van der Waals surface area contributed by atoms with Crippen LogP contribution in [0.4, 0.5) is 4.39 Å². The Morgan fingerprint density at radius 3 is 2.78 bits per heavy atom. The molecule has 1 aromatic carbocycles. The quantitative estimate of drug-likeness (QED) is 0.752. The smallest absolute Gasteiger partial charge is 0.322 e. The van der Waals surface area contributed by atoms with Gasteiger partial charge in [0.1, 0.15) is 17.6 Å². The Morgan fingerprint density at radius 2 is 2.13 bits per heavy atom. The van der Waals surface area contributed by atoms with Crippen LogP contribution in [0.2, 0.25) is 0 Å². The SMILES string of the molecule is CCc1occc1-c1cc(F)cc(C(=O)NC[C@@H](N)C(=O)O)c1. The molecular formula is C16H17FN2O4. The van der Waals surface area contributed by atoms with Gasteiger partial charge in [-0.25, -0.2) is 4.39 Å². The number of aryl methyl sites for hydroxylation is 1. The van der Waals surface area contributed by atoms with Crippen LogP contribution in [0.5, 0.6) is 0 Å². The van der Waals surface area contributed by atoms with Crippen LogP contribution in [0.25, 0.3) is 11.1 Å². The van der Waals surface area contributed by atoms with E-state index >= 15 is 0 Å². The predicted molar refractivity (Wildman–Crippen MR) is 81.4 cm³/mol. The third-order valence-electron chi connectivity index (χ3n) is 3.34. The molecule has 2 rings (SSSR count). The first-order chi connectivity index (χ1) is 10.9. The molecule has 0 unspecified atom stereocenters. The van der Waals surface area contributed by atoms with Crippen LogP contribution < -0.4 is 11.1 Å². The van der Waals surface area contributed by atoms with Crippen LogP contribution in [0.3, 0.4) is 0 Å². The monoisotopic (exact) mass is 320 g/mol. The van der Waals surface area contributed by atoms with Crippen molar-refractivity contribution in [3.05, 3.63) is 47.7 Å². The van der Waals surface area contributed by atoms with Crippen molar-refractivity contribution in [3.63, 3.8) is 0 Å². The third kappa shape index (κ3) is 3.95. The first kappa shape index (κ1) is 16.7. The van der Waals surface area contributed by atoms with Crippen molar-refractivity contribution in [2.45, 2.75) is 19.4 Å². The van der Waals surface area contributed by atoms with Crippen LogP contribution in [-0.2, 0) is 11.2 Å². The van der Waals surface area contributed by atoms with E-state index < -0.39 is 23.7 Å². The number of amides is 1. The number of carbonyl (C=O) groups excluding carboxylic acids is 1. The zero-order chi connectivity index (χ0) is 17.0. The molecule has 0 aliphatic rings. The molecule has 1 atom stereocenters. The molecule has 1 amide bonds. The highest BCUT2D eigenvalue weighted by molar-refractivity contribution is 5.95. The first-order valence-electron chi connectivity index (χ1n) is 7.06. The van der Waals surface area contributed by atoms with Crippen molar-refractivity contribution in [2.24, 2.45) is 5.73 Å². The number of carbonyl (C=O) groups is 2. The molecule has 1 aromatic heterocycles. The highest BCUT2D eigenvalue weighted by atomic mass is 19.1. The van der Waals surface area contributed by atoms with Gasteiger partial charge in [0.05, 0.1) is 6.26 Å². The third-order valence-corrected chi connectivity index (χ3v) is 3.34. The van der Waals surface area contributed by atoms with Gasteiger partial charge in [-0.1, -0.05) is 6.92 Å². The number of halogens is 1. The largest absolute Gasteiger partial charge is 0.480 e. The van der Waals surface area contributed by atoms with E-state index in [1.54, 1.807) is 6.07 Å². The van der Waals surface area contributed by atoms with Crippen LogP contribution in [0.1, 0.15) is 23.0 Å². The summed E-state index contributed by atoms with van der Waals surface area (Å²) < 4.78 is 19.1. The average molecular weight is 320 g/mol. The average Bonchev–Trinajstić information content (AvgIpc) is 3.00.